The minimum Gasteiger partial charge on any atom is -0.495 e. The van der Waals surface area contributed by atoms with E-state index in [1.54, 1.807) is 54.6 Å². The molecule has 0 saturated carbocycles. The maximum atomic E-state index is 13.3. The normalized spacial score (nSPS) is 14.1. The van der Waals surface area contributed by atoms with E-state index in [0.717, 1.165) is 10.8 Å². The van der Waals surface area contributed by atoms with Crippen molar-refractivity contribution in [2.75, 3.05) is 33.3 Å². The predicted molar refractivity (Wildman–Crippen MR) is 142 cm³/mol. The lowest BCUT2D eigenvalue weighted by Gasteiger charge is -2.34. The van der Waals surface area contributed by atoms with Crippen LogP contribution in [0.4, 0.5) is 0 Å². The highest BCUT2D eigenvalue weighted by Crippen LogP contribution is 2.24. The summed E-state index contributed by atoms with van der Waals surface area (Å²) in [7, 11) is -2.11. The van der Waals surface area contributed by atoms with E-state index in [-0.39, 0.29) is 23.9 Å². The van der Waals surface area contributed by atoms with Gasteiger partial charge < -0.3 is 9.64 Å². The molecule has 37 heavy (non-hydrogen) atoms. The third-order valence-corrected chi connectivity index (χ3v) is 8.22. The number of benzene rings is 3. The van der Waals surface area contributed by atoms with E-state index in [9.17, 15) is 13.2 Å². The number of ether oxygens (including phenoxy) is 1. The number of hydrogen-bond acceptors (Lipinski definition) is 5. The van der Waals surface area contributed by atoms with Crippen molar-refractivity contribution in [3.63, 3.8) is 0 Å². The zero-order chi connectivity index (χ0) is 25.8. The molecule has 2 heterocycles. The maximum absolute atomic E-state index is 13.3. The van der Waals surface area contributed by atoms with E-state index in [1.807, 2.05) is 42.5 Å². The SMILES string of the molecule is COc1ccc(C(=O)N2CCN(S(=O)(=O)c3ccc4ccccc4c3)CC2)cc1C#Cc1ccccn1. The summed E-state index contributed by atoms with van der Waals surface area (Å²) in [5.74, 6) is 6.42. The number of methoxy groups -OCH3 is 1. The third kappa shape index (κ3) is 5.19. The number of piperazine rings is 1. The van der Waals surface area contributed by atoms with Crippen LogP contribution in [0.3, 0.4) is 0 Å². The number of carbonyl (C=O) groups excluding carboxylic acids is 1. The Balaban J connectivity index is 1.30. The van der Waals surface area contributed by atoms with E-state index in [4.69, 9.17) is 4.74 Å². The molecule has 1 aliphatic heterocycles. The molecule has 0 spiro atoms. The van der Waals surface area contributed by atoms with Crippen molar-refractivity contribution in [1.29, 1.82) is 0 Å². The molecule has 0 radical (unpaired) electrons. The van der Waals surface area contributed by atoms with Crippen molar-refractivity contribution in [2.24, 2.45) is 0 Å². The molecule has 1 aromatic heterocycles. The van der Waals surface area contributed by atoms with Gasteiger partial charge in [0.25, 0.3) is 5.91 Å². The third-order valence-electron chi connectivity index (χ3n) is 6.32. The topological polar surface area (TPSA) is 79.8 Å². The van der Waals surface area contributed by atoms with Gasteiger partial charge in [-0.2, -0.15) is 4.31 Å². The van der Waals surface area contributed by atoms with Crippen LogP contribution in [0.1, 0.15) is 21.6 Å². The number of rotatable bonds is 4. The number of fused-ring (bicyclic) bond motifs is 1. The Kier molecular flexibility index (Phi) is 6.91. The highest BCUT2D eigenvalue weighted by Gasteiger charge is 2.30. The molecule has 5 rings (SSSR count). The van der Waals surface area contributed by atoms with Gasteiger partial charge in [-0.05, 0) is 59.2 Å². The van der Waals surface area contributed by atoms with Gasteiger partial charge in [-0.25, -0.2) is 13.4 Å². The largest absolute Gasteiger partial charge is 0.495 e. The minimum atomic E-state index is -3.66. The van der Waals surface area contributed by atoms with Crippen LogP contribution in [0, 0.1) is 11.8 Å². The number of hydrogen-bond donors (Lipinski definition) is 0. The lowest BCUT2D eigenvalue weighted by Crippen LogP contribution is -2.50. The number of carbonyl (C=O) groups is 1. The molecule has 186 valence electrons. The average molecular weight is 512 g/mol. The summed E-state index contributed by atoms with van der Waals surface area (Å²) in [6, 6.07) is 23.4. The van der Waals surface area contributed by atoms with Crippen LogP contribution in [0.5, 0.6) is 5.75 Å². The molecule has 4 aromatic rings. The fraction of sp³-hybridized carbons (Fsp3) is 0.172. The van der Waals surface area contributed by atoms with Crippen LogP contribution in [-0.2, 0) is 10.0 Å². The van der Waals surface area contributed by atoms with Crippen LogP contribution >= 0.6 is 0 Å². The summed E-state index contributed by atoms with van der Waals surface area (Å²) in [6.45, 7) is 1.05. The molecule has 3 aromatic carbocycles. The van der Waals surface area contributed by atoms with Crippen molar-refractivity contribution in [3.05, 3.63) is 102 Å². The Hall–Kier alpha value is -4.19. The molecular formula is C29H25N3O4S. The van der Waals surface area contributed by atoms with Gasteiger partial charge in [0.15, 0.2) is 0 Å². The summed E-state index contributed by atoms with van der Waals surface area (Å²) in [6.07, 6.45) is 1.67. The van der Waals surface area contributed by atoms with Gasteiger partial charge in [-0.1, -0.05) is 42.3 Å². The van der Waals surface area contributed by atoms with Gasteiger partial charge in [-0.15, -0.1) is 0 Å². The number of pyridine rings is 1. The number of amides is 1. The highest BCUT2D eigenvalue weighted by molar-refractivity contribution is 7.89. The maximum Gasteiger partial charge on any atom is 0.253 e. The Bertz CT molecular complexity index is 1620. The molecular weight excluding hydrogens is 486 g/mol. The summed E-state index contributed by atoms with van der Waals surface area (Å²) in [5, 5.41) is 1.86. The van der Waals surface area contributed by atoms with Gasteiger partial charge in [0.05, 0.1) is 17.6 Å². The van der Waals surface area contributed by atoms with E-state index in [2.05, 4.69) is 16.8 Å². The van der Waals surface area contributed by atoms with E-state index in [0.29, 0.717) is 35.7 Å². The van der Waals surface area contributed by atoms with Crippen molar-refractivity contribution in [3.8, 4) is 17.6 Å². The van der Waals surface area contributed by atoms with Gasteiger partial charge in [0.2, 0.25) is 10.0 Å². The smallest absolute Gasteiger partial charge is 0.253 e. The molecule has 0 unspecified atom stereocenters. The van der Waals surface area contributed by atoms with Crippen LogP contribution in [0.2, 0.25) is 0 Å². The quantitative estimate of drug-likeness (QED) is 0.390. The van der Waals surface area contributed by atoms with E-state index >= 15 is 0 Å². The first-order valence-corrected chi connectivity index (χ1v) is 13.3. The fourth-order valence-electron chi connectivity index (χ4n) is 4.30. The Morgan fingerprint density at radius 3 is 2.35 bits per heavy atom. The number of aromatic nitrogens is 1. The Morgan fingerprint density at radius 2 is 1.62 bits per heavy atom. The Morgan fingerprint density at radius 1 is 0.865 bits per heavy atom. The molecule has 0 atom stereocenters. The van der Waals surface area contributed by atoms with Crippen LogP contribution < -0.4 is 4.74 Å². The second kappa shape index (κ2) is 10.4. The second-order valence-electron chi connectivity index (χ2n) is 8.59. The van der Waals surface area contributed by atoms with Gasteiger partial charge >= 0.3 is 0 Å². The summed E-state index contributed by atoms with van der Waals surface area (Å²) in [5.41, 5.74) is 1.67. The molecule has 0 bridgehead atoms. The zero-order valence-corrected chi connectivity index (χ0v) is 21.1. The molecule has 1 aliphatic rings. The number of nitrogens with zero attached hydrogens (tertiary/aromatic N) is 3. The minimum absolute atomic E-state index is 0.175. The summed E-state index contributed by atoms with van der Waals surface area (Å²) in [4.78, 5) is 19.4. The fourth-order valence-corrected chi connectivity index (χ4v) is 5.76. The molecule has 1 fully saturated rings. The van der Waals surface area contributed by atoms with Crippen molar-refractivity contribution in [1.82, 2.24) is 14.2 Å². The average Bonchev–Trinajstić information content (AvgIpc) is 2.96. The zero-order valence-electron chi connectivity index (χ0n) is 20.3. The standard InChI is InChI=1S/C29H25N3O4S/c1-36-28-14-11-25(20-24(28)9-12-26-8-4-5-15-30-26)29(33)31-16-18-32(19-17-31)37(34,35)27-13-10-22-6-2-3-7-23(22)21-27/h2-8,10-11,13-15,20-21H,16-19H2,1H3. The summed E-state index contributed by atoms with van der Waals surface area (Å²) < 4.78 is 33.4. The first kappa shape index (κ1) is 24.5. The van der Waals surface area contributed by atoms with Crippen molar-refractivity contribution in [2.45, 2.75) is 4.90 Å². The number of sulfonamides is 1. The molecule has 1 amide bonds. The van der Waals surface area contributed by atoms with Gasteiger partial charge in [-0.3, -0.25) is 4.79 Å². The second-order valence-corrected chi connectivity index (χ2v) is 10.5. The molecule has 0 aliphatic carbocycles. The Labute approximate surface area is 216 Å². The van der Waals surface area contributed by atoms with Crippen LogP contribution in [0.25, 0.3) is 10.8 Å². The first-order chi connectivity index (χ1) is 18.0. The van der Waals surface area contributed by atoms with Crippen LogP contribution in [0.15, 0.2) is 90.0 Å². The molecule has 7 nitrogen and oxygen atoms in total. The monoisotopic (exact) mass is 511 g/mol. The van der Waals surface area contributed by atoms with Gasteiger partial charge in [0, 0.05) is 37.9 Å². The first-order valence-electron chi connectivity index (χ1n) is 11.8. The van der Waals surface area contributed by atoms with Crippen molar-refractivity contribution < 1.29 is 17.9 Å². The molecule has 0 N–H and O–H groups in total. The highest BCUT2D eigenvalue weighted by atomic mass is 32.2. The molecule has 8 heteroatoms. The predicted octanol–water partition coefficient (Wildman–Crippen LogP) is 3.79. The lowest BCUT2D eigenvalue weighted by molar-refractivity contribution is 0.0698. The lowest BCUT2D eigenvalue weighted by atomic mass is 10.1. The van der Waals surface area contributed by atoms with E-state index < -0.39 is 10.0 Å². The van der Waals surface area contributed by atoms with Crippen LogP contribution in [-0.4, -0.2) is 61.8 Å². The van der Waals surface area contributed by atoms with Crippen molar-refractivity contribution >= 4 is 26.7 Å². The van der Waals surface area contributed by atoms with Gasteiger partial charge in [0.1, 0.15) is 11.4 Å². The van der Waals surface area contributed by atoms with E-state index in [1.165, 1.54) is 4.31 Å². The molecule has 1 saturated heterocycles. The summed E-state index contributed by atoms with van der Waals surface area (Å²) >= 11 is 0.